The molecule has 1 amide bonds. The van der Waals surface area contributed by atoms with E-state index in [0.717, 1.165) is 0 Å². The van der Waals surface area contributed by atoms with E-state index in [4.69, 9.17) is 14.9 Å². The fourth-order valence-electron chi connectivity index (χ4n) is 3.06. The van der Waals surface area contributed by atoms with Crippen LogP contribution in [0.4, 0.5) is 4.79 Å². The van der Waals surface area contributed by atoms with Gasteiger partial charge in [-0.1, -0.05) is 12.8 Å². The molecule has 0 aromatic rings. The molecule has 0 radical (unpaired) electrons. The highest BCUT2D eigenvalue weighted by atomic mass is 28.4. The Morgan fingerprint density at radius 3 is 2.22 bits per heavy atom. The van der Waals surface area contributed by atoms with Gasteiger partial charge < -0.3 is 19.8 Å². The Morgan fingerprint density at radius 1 is 1.26 bits per heavy atom. The third-order valence-corrected chi connectivity index (χ3v) is 4.95. The van der Waals surface area contributed by atoms with Crippen molar-refractivity contribution in [2.24, 2.45) is 11.7 Å². The Labute approximate surface area is 143 Å². The maximum Gasteiger partial charge on any atom is 0.410 e. The molecular weight excluding hydrogens is 308 g/mol. The van der Waals surface area contributed by atoms with Crippen molar-refractivity contribution in [3.63, 3.8) is 0 Å². The monoisotopic (exact) mass is 344 g/mol. The summed E-state index contributed by atoms with van der Waals surface area (Å²) in [5.74, 6) is 0.517. The summed E-state index contributed by atoms with van der Waals surface area (Å²) < 4.78 is 11.8. The van der Waals surface area contributed by atoms with Gasteiger partial charge in [-0.25, -0.2) is 4.79 Å². The number of likely N-dealkylation sites (N-methyl/N-ethyl adjacent to an activating group) is 1. The zero-order valence-corrected chi connectivity index (χ0v) is 17.0. The normalized spacial score (nSPS) is 19.5. The van der Waals surface area contributed by atoms with E-state index < -0.39 is 13.9 Å². The molecule has 6 heteroatoms. The molecule has 0 spiro atoms. The van der Waals surface area contributed by atoms with E-state index >= 15 is 0 Å². The van der Waals surface area contributed by atoms with Crippen molar-refractivity contribution in [3.05, 3.63) is 0 Å². The van der Waals surface area contributed by atoms with Crippen LogP contribution in [0.15, 0.2) is 0 Å². The zero-order chi connectivity index (χ0) is 17.8. The Kier molecular flexibility index (Phi) is 7.10. The summed E-state index contributed by atoms with van der Waals surface area (Å²) in [6.45, 7) is 12.6. The lowest BCUT2D eigenvalue weighted by atomic mass is 9.95. The van der Waals surface area contributed by atoms with Crippen LogP contribution < -0.4 is 5.73 Å². The van der Waals surface area contributed by atoms with Crippen molar-refractivity contribution in [1.29, 1.82) is 0 Å². The van der Waals surface area contributed by atoms with Crippen molar-refractivity contribution in [3.8, 4) is 0 Å². The Bertz CT molecular complexity index is 384. The minimum absolute atomic E-state index is 0.0362. The average molecular weight is 345 g/mol. The standard InChI is InChI=1S/C17H36N2O3Si/c1-17(2,3)21-16(20)19(4)12-14(18)15(22-23(5,6)7)13-10-8-9-11-13/h13-15H,8-12,18H2,1-7H3/t14-,15+/m1/s1. The van der Waals surface area contributed by atoms with Gasteiger partial charge in [0.05, 0.1) is 6.10 Å². The van der Waals surface area contributed by atoms with Crippen LogP contribution in [0.3, 0.4) is 0 Å². The molecule has 0 aromatic carbocycles. The second-order valence-electron chi connectivity index (χ2n) is 8.76. The van der Waals surface area contributed by atoms with E-state index in [1.807, 2.05) is 20.8 Å². The van der Waals surface area contributed by atoms with Crippen LogP contribution in [0.2, 0.25) is 19.6 Å². The van der Waals surface area contributed by atoms with Crippen LogP contribution >= 0.6 is 0 Å². The Morgan fingerprint density at radius 2 is 1.78 bits per heavy atom. The lowest BCUT2D eigenvalue weighted by Crippen LogP contribution is -2.52. The first kappa shape index (κ1) is 20.5. The highest BCUT2D eigenvalue weighted by Gasteiger charge is 2.35. The van der Waals surface area contributed by atoms with Crippen molar-refractivity contribution in [2.75, 3.05) is 13.6 Å². The van der Waals surface area contributed by atoms with Crippen molar-refractivity contribution in [2.45, 2.75) is 83.8 Å². The summed E-state index contributed by atoms with van der Waals surface area (Å²) >= 11 is 0. The lowest BCUT2D eigenvalue weighted by Gasteiger charge is -2.36. The molecule has 0 bridgehead atoms. The van der Waals surface area contributed by atoms with E-state index in [0.29, 0.717) is 12.5 Å². The molecule has 1 aliphatic carbocycles. The van der Waals surface area contributed by atoms with E-state index in [1.54, 1.807) is 11.9 Å². The van der Waals surface area contributed by atoms with Gasteiger partial charge in [-0.2, -0.15) is 0 Å². The topological polar surface area (TPSA) is 64.8 Å². The highest BCUT2D eigenvalue weighted by Crippen LogP contribution is 2.32. The molecule has 1 aliphatic rings. The van der Waals surface area contributed by atoms with Gasteiger partial charge in [0, 0.05) is 19.6 Å². The molecule has 1 fully saturated rings. The third kappa shape index (κ3) is 7.68. The minimum atomic E-state index is -1.68. The first-order valence-corrected chi connectivity index (χ1v) is 12.2. The molecule has 0 aliphatic heterocycles. The number of nitrogens with two attached hydrogens (primary N) is 1. The number of ether oxygens (including phenoxy) is 1. The first-order valence-electron chi connectivity index (χ1n) is 8.76. The summed E-state index contributed by atoms with van der Waals surface area (Å²) in [6, 6.07) is -0.178. The quantitative estimate of drug-likeness (QED) is 0.748. The molecule has 0 saturated heterocycles. The van der Waals surface area contributed by atoms with E-state index in [1.165, 1.54) is 25.7 Å². The van der Waals surface area contributed by atoms with Crippen LogP contribution in [0.25, 0.3) is 0 Å². The number of carbonyl (C=O) groups excluding carboxylic acids is 1. The van der Waals surface area contributed by atoms with Gasteiger partial charge in [-0.3, -0.25) is 0 Å². The van der Waals surface area contributed by atoms with Gasteiger partial charge in [0.15, 0.2) is 8.32 Å². The summed E-state index contributed by atoms with van der Waals surface area (Å²) in [7, 11) is 0.0625. The van der Waals surface area contributed by atoms with Crippen molar-refractivity contribution in [1.82, 2.24) is 4.90 Å². The molecule has 1 saturated carbocycles. The van der Waals surface area contributed by atoms with Gasteiger partial charge in [-0.15, -0.1) is 0 Å². The number of hydrogen-bond donors (Lipinski definition) is 1. The van der Waals surface area contributed by atoms with Crippen LogP contribution in [0.1, 0.15) is 46.5 Å². The average Bonchev–Trinajstić information content (AvgIpc) is 2.86. The van der Waals surface area contributed by atoms with E-state index in [2.05, 4.69) is 19.6 Å². The maximum absolute atomic E-state index is 12.1. The van der Waals surface area contributed by atoms with Gasteiger partial charge in [0.1, 0.15) is 5.60 Å². The molecule has 2 atom stereocenters. The molecule has 1 rings (SSSR count). The summed E-state index contributed by atoms with van der Waals surface area (Å²) in [4.78, 5) is 13.7. The number of rotatable bonds is 6. The molecule has 2 N–H and O–H groups in total. The van der Waals surface area contributed by atoms with E-state index in [-0.39, 0.29) is 18.2 Å². The predicted octanol–water partition coefficient (Wildman–Crippen LogP) is 3.59. The number of amides is 1. The van der Waals surface area contributed by atoms with Gasteiger partial charge in [0.25, 0.3) is 0 Å². The minimum Gasteiger partial charge on any atom is -0.444 e. The van der Waals surface area contributed by atoms with Crippen molar-refractivity contribution >= 4 is 14.4 Å². The number of hydrogen-bond acceptors (Lipinski definition) is 4. The lowest BCUT2D eigenvalue weighted by molar-refractivity contribution is 0.0233. The molecule has 0 heterocycles. The summed E-state index contributed by atoms with van der Waals surface area (Å²) in [5.41, 5.74) is 5.96. The van der Waals surface area contributed by atoms with Crippen LogP contribution in [-0.2, 0) is 9.16 Å². The zero-order valence-electron chi connectivity index (χ0n) is 16.0. The molecule has 136 valence electrons. The highest BCUT2D eigenvalue weighted by molar-refractivity contribution is 6.69. The summed E-state index contributed by atoms with van der Waals surface area (Å²) in [6.07, 6.45) is 4.58. The smallest absolute Gasteiger partial charge is 0.410 e. The number of carbonyl (C=O) groups is 1. The fourth-order valence-corrected chi connectivity index (χ4v) is 4.25. The fraction of sp³-hybridized carbons (Fsp3) is 0.941. The largest absolute Gasteiger partial charge is 0.444 e. The number of nitrogens with zero attached hydrogens (tertiary/aromatic N) is 1. The third-order valence-electron chi connectivity index (χ3n) is 3.97. The first-order chi connectivity index (χ1) is 10.4. The van der Waals surface area contributed by atoms with E-state index in [9.17, 15) is 4.79 Å². The maximum atomic E-state index is 12.1. The van der Waals surface area contributed by atoms with Crippen LogP contribution in [0.5, 0.6) is 0 Å². The molecule has 23 heavy (non-hydrogen) atoms. The van der Waals surface area contributed by atoms with Crippen LogP contribution in [0, 0.1) is 5.92 Å². The molecule has 5 nitrogen and oxygen atoms in total. The van der Waals surface area contributed by atoms with Gasteiger partial charge in [0.2, 0.25) is 0 Å². The second-order valence-corrected chi connectivity index (χ2v) is 13.2. The molecular formula is C17H36N2O3Si. The SMILES string of the molecule is CN(C[C@@H](N)[C@@H](O[Si](C)(C)C)C1CCCC1)C(=O)OC(C)(C)C. The predicted molar refractivity (Wildman–Crippen MR) is 97.0 cm³/mol. The van der Waals surface area contributed by atoms with Crippen LogP contribution in [-0.4, -0.2) is 50.6 Å². The second kappa shape index (κ2) is 7.99. The molecule has 0 unspecified atom stereocenters. The summed E-state index contributed by atoms with van der Waals surface area (Å²) in [5, 5.41) is 0. The molecule has 0 aromatic heterocycles. The van der Waals surface area contributed by atoms with Gasteiger partial charge >= 0.3 is 6.09 Å². The Balaban J connectivity index is 2.68. The Hall–Kier alpha value is -0.593. The van der Waals surface area contributed by atoms with Gasteiger partial charge in [-0.05, 0) is 59.2 Å². The van der Waals surface area contributed by atoms with Crippen molar-refractivity contribution < 1.29 is 14.0 Å².